The van der Waals surface area contributed by atoms with Crippen molar-refractivity contribution in [3.63, 3.8) is 0 Å². The molecule has 0 unspecified atom stereocenters. The standard InChI is InChI=1S/C13H16ClN3O2S/c1-4-17-10(3)13(9(2)15-17)20(18,19)16-12-7-5-11(14)6-8-12/h5-8,16H,4H2,1-3H3. The van der Waals surface area contributed by atoms with Crippen LogP contribution in [0, 0.1) is 13.8 Å². The molecule has 2 rings (SSSR count). The average Bonchev–Trinajstić information content (AvgIpc) is 2.67. The van der Waals surface area contributed by atoms with Gasteiger partial charge >= 0.3 is 0 Å². The Kier molecular flexibility index (Phi) is 4.06. The highest BCUT2D eigenvalue weighted by Crippen LogP contribution is 2.23. The van der Waals surface area contributed by atoms with E-state index < -0.39 is 10.0 Å². The minimum atomic E-state index is -3.65. The Morgan fingerprint density at radius 1 is 1.25 bits per heavy atom. The lowest BCUT2D eigenvalue weighted by Crippen LogP contribution is -2.15. The van der Waals surface area contributed by atoms with Gasteiger partial charge in [-0.25, -0.2) is 8.42 Å². The van der Waals surface area contributed by atoms with Crippen molar-refractivity contribution in [1.82, 2.24) is 9.78 Å². The first-order chi connectivity index (χ1) is 9.35. The van der Waals surface area contributed by atoms with Crippen LogP contribution in [0.4, 0.5) is 5.69 Å². The largest absolute Gasteiger partial charge is 0.280 e. The molecule has 0 aliphatic carbocycles. The van der Waals surface area contributed by atoms with Gasteiger partial charge in [0.2, 0.25) is 0 Å². The van der Waals surface area contributed by atoms with Crippen LogP contribution in [-0.4, -0.2) is 18.2 Å². The fourth-order valence-corrected chi connectivity index (χ4v) is 3.70. The molecule has 0 saturated heterocycles. The molecule has 1 aromatic carbocycles. The Balaban J connectivity index is 2.40. The zero-order chi connectivity index (χ0) is 14.9. The van der Waals surface area contributed by atoms with Crippen LogP contribution in [0.1, 0.15) is 18.3 Å². The zero-order valence-electron chi connectivity index (χ0n) is 11.5. The number of aryl methyl sites for hydroxylation is 2. The Morgan fingerprint density at radius 3 is 2.35 bits per heavy atom. The number of sulfonamides is 1. The van der Waals surface area contributed by atoms with E-state index in [1.165, 1.54) is 0 Å². The smallest absolute Gasteiger partial charge is 0.265 e. The van der Waals surface area contributed by atoms with Crippen LogP contribution in [0.5, 0.6) is 0 Å². The quantitative estimate of drug-likeness (QED) is 0.943. The van der Waals surface area contributed by atoms with Crippen molar-refractivity contribution in [2.75, 3.05) is 4.72 Å². The van der Waals surface area contributed by atoms with Crippen molar-refractivity contribution in [2.24, 2.45) is 0 Å². The lowest BCUT2D eigenvalue weighted by molar-refractivity contribution is 0.598. The Morgan fingerprint density at radius 2 is 1.85 bits per heavy atom. The second-order valence-electron chi connectivity index (χ2n) is 4.43. The first-order valence-electron chi connectivity index (χ1n) is 6.17. The molecule has 0 amide bonds. The summed E-state index contributed by atoms with van der Waals surface area (Å²) in [6, 6.07) is 6.51. The van der Waals surface area contributed by atoms with Crippen molar-refractivity contribution in [3.05, 3.63) is 40.7 Å². The van der Waals surface area contributed by atoms with E-state index in [2.05, 4.69) is 9.82 Å². The van der Waals surface area contributed by atoms with Gasteiger partial charge in [-0.15, -0.1) is 0 Å². The lowest BCUT2D eigenvalue weighted by atomic mass is 10.3. The van der Waals surface area contributed by atoms with E-state index in [9.17, 15) is 8.42 Å². The molecule has 108 valence electrons. The summed E-state index contributed by atoms with van der Waals surface area (Å²) in [7, 11) is -3.65. The van der Waals surface area contributed by atoms with E-state index in [0.29, 0.717) is 28.6 Å². The number of aromatic nitrogens is 2. The number of anilines is 1. The van der Waals surface area contributed by atoms with Gasteiger partial charge < -0.3 is 0 Å². The molecule has 2 aromatic rings. The zero-order valence-corrected chi connectivity index (χ0v) is 13.1. The van der Waals surface area contributed by atoms with Gasteiger partial charge in [0.25, 0.3) is 10.0 Å². The lowest BCUT2D eigenvalue weighted by Gasteiger charge is -2.08. The summed E-state index contributed by atoms with van der Waals surface area (Å²) < 4.78 is 29.1. The summed E-state index contributed by atoms with van der Waals surface area (Å²) in [5.41, 5.74) is 1.59. The minimum absolute atomic E-state index is 0.231. The monoisotopic (exact) mass is 313 g/mol. The fourth-order valence-electron chi connectivity index (χ4n) is 2.10. The molecule has 0 aliphatic heterocycles. The van der Waals surface area contributed by atoms with Crippen LogP contribution in [-0.2, 0) is 16.6 Å². The first kappa shape index (κ1) is 14.9. The molecule has 0 saturated carbocycles. The highest BCUT2D eigenvalue weighted by atomic mass is 35.5. The molecule has 0 aliphatic rings. The van der Waals surface area contributed by atoms with E-state index in [-0.39, 0.29) is 4.90 Å². The summed E-state index contributed by atoms with van der Waals surface area (Å²) in [6.07, 6.45) is 0. The van der Waals surface area contributed by atoms with Crippen LogP contribution in [0.3, 0.4) is 0 Å². The van der Waals surface area contributed by atoms with E-state index >= 15 is 0 Å². The Hall–Kier alpha value is -1.53. The van der Waals surface area contributed by atoms with E-state index in [1.807, 2.05) is 6.92 Å². The number of nitrogens with one attached hydrogen (secondary N) is 1. The van der Waals surface area contributed by atoms with Gasteiger partial charge in [-0.05, 0) is 45.0 Å². The van der Waals surface area contributed by atoms with Crippen molar-refractivity contribution in [2.45, 2.75) is 32.2 Å². The van der Waals surface area contributed by atoms with Crippen LogP contribution in [0.25, 0.3) is 0 Å². The highest BCUT2D eigenvalue weighted by Gasteiger charge is 2.24. The molecule has 1 heterocycles. The summed E-state index contributed by atoms with van der Waals surface area (Å²) in [4.78, 5) is 0.231. The van der Waals surface area contributed by atoms with Crippen LogP contribution < -0.4 is 4.72 Å². The minimum Gasteiger partial charge on any atom is -0.280 e. The van der Waals surface area contributed by atoms with Gasteiger partial charge in [0.05, 0.1) is 11.4 Å². The predicted molar refractivity (Wildman–Crippen MR) is 79.6 cm³/mol. The van der Waals surface area contributed by atoms with Gasteiger partial charge in [0, 0.05) is 17.3 Å². The number of nitrogens with zero attached hydrogens (tertiary/aromatic N) is 2. The molecule has 0 bridgehead atoms. The number of halogens is 1. The predicted octanol–water partition coefficient (Wildman–Crippen LogP) is 2.97. The third-order valence-corrected chi connectivity index (χ3v) is 4.86. The molecule has 1 N–H and O–H groups in total. The van der Waals surface area contributed by atoms with E-state index in [0.717, 1.165) is 0 Å². The van der Waals surface area contributed by atoms with Gasteiger partial charge in [-0.1, -0.05) is 11.6 Å². The summed E-state index contributed by atoms with van der Waals surface area (Å²) in [5, 5.41) is 4.78. The van der Waals surface area contributed by atoms with Gasteiger partial charge in [-0.3, -0.25) is 9.40 Å². The maximum atomic E-state index is 12.5. The SMILES string of the molecule is CCn1nc(C)c(S(=O)(=O)Nc2ccc(Cl)cc2)c1C. The maximum absolute atomic E-state index is 12.5. The molecular weight excluding hydrogens is 298 g/mol. The molecule has 7 heteroatoms. The second kappa shape index (κ2) is 5.46. The van der Waals surface area contributed by atoms with Gasteiger partial charge in [-0.2, -0.15) is 5.10 Å². The van der Waals surface area contributed by atoms with Crippen LogP contribution >= 0.6 is 11.6 Å². The Labute approximate surface area is 123 Å². The molecule has 1 aromatic heterocycles. The molecule has 5 nitrogen and oxygen atoms in total. The van der Waals surface area contributed by atoms with Crippen LogP contribution in [0.2, 0.25) is 5.02 Å². The van der Waals surface area contributed by atoms with Gasteiger partial charge in [0.15, 0.2) is 0 Å². The number of rotatable bonds is 4. The maximum Gasteiger partial charge on any atom is 0.265 e. The summed E-state index contributed by atoms with van der Waals surface area (Å²) >= 11 is 5.78. The van der Waals surface area contributed by atoms with E-state index in [1.54, 1.807) is 42.8 Å². The fraction of sp³-hybridized carbons (Fsp3) is 0.308. The van der Waals surface area contributed by atoms with E-state index in [4.69, 9.17) is 11.6 Å². The topological polar surface area (TPSA) is 64.0 Å². The molecule has 0 spiro atoms. The summed E-state index contributed by atoms with van der Waals surface area (Å²) in [6.45, 7) is 5.99. The third-order valence-electron chi connectivity index (χ3n) is 2.98. The highest BCUT2D eigenvalue weighted by molar-refractivity contribution is 7.92. The molecule has 20 heavy (non-hydrogen) atoms. The normalized spacial score (nSPS) is 11.6. The second-order valence-corrected chi connectivity index (χ2v) is 6.48. The molecule has 0 radical (unpaired) electrons. The number of benzene rings is 1. The first-order valence-corrected chi connectivity index (χ1v) is 8.03. The average molecular weight is 314 g/mol. The number of hydrogen-bond acceptors (Lipinski definition) is 3. The summed E-state index contributed by atoms with van der Waals surface area (Å²) in [5.74, 6) is 0. The van der Waals surface area contributed by atoms with Crippen LogP contribution in [0.15, 0.2) is 29.2 Å². The Bertz CT molecular complexity index is 721. The number of hydrogen-bond donors (Lipinski definition) is 1. The van der Waals surface area contributed by atoms with Crippen molar-refractivity contribution in [3.8, 4) is 0 Å². The third kappa shape index (κ3) is 2.81. The molecule has 0 atom stereocenters. The van der Waals surface area contributed by atoms with Crippen molar-refractivity contribution >= 4 is 27.3 Å². The van der Waals surface area contributed by atoms with Gasteiger partial charge in [0.1, 0.15) is 4.90 Å². The van der Waals surface area contributed by atoms with Crippen molar-refractivity contribution in [1.29, 1.82) is 0 Å². The van der Waals surface area contributed by atoms with Crippen molar-refractivity contribution < 1.29 is 8.42 Å². The molecular formula is C13H16ClN3O2S. The molecule has 0 fully saturated rings.